The minimum Gasteiger partial charge on any atom is -0.353 e. The third-order valence-electron chi connectivity index (χ3n) is 6.03. The Morgan fingerprint density at radius 3 is 2.53 bits per heavy atom. The summed E-state index contributed by atoms with van der Waals surface area (Å²) in [7, 11) is 0. The number of anilines is 1. The van der Waals surface area contributed by atoms with E-state index in [4.69, 9.17) is 0 Å². The molecule has 0 aliphatic carbocycles. The summed E-state index contributed by atoms with van der Waals surface area (Å²) in [4.78, 5) is 48.2. The van der Waals surface area contributed by atoms with Crippen LogP contribution in [0.5, 0.6) is 0 Å². The second kappa shape index (κ2) is 8.93. The quantitative estimate of drug-likeness (QED) is 0.506. The SMILES string of the molecule is O=C(c1cccc(Cn2c(=O)[nH]c(=O)c3c(F)cccc32)c1)N1CCN(c2ccccn2)CC1. The van der Waals surface area contributed by atoms with E-state index in [2.05, 4.69) is 14.9 Å². The van der Waals surface area contributed by atoms with Gasteiger partial charge in [0, 0.05) is 37.9 Å². The Morgan fingerprint density at radius 1 is 0.971 bits per heavy atom. The molecular weight excluding hydrogens is 437 g/mol. The molecule has 0 spiro atoms. The monoisotopic (exact) mass is 459 g/mol. The van der Waals surface area contributed by atoms with E-state index in [-0.39, 0.29) is 23.4 Å². The fraction of sp³-hybridized carbons (Fsp3) is 0.200. The number of rotatable bonds is 4. The summed E-state index contributed by atoms with van der Waals surface area (Å²) in [6.07, 6.45) is 1.75. The molecule has 1 amide bonds. The van der Waals surface area contributed by atoms with Crippen LogP contribution >= 0.6 is 0 Å². The molecule has 1 aliphatic heterocycles. The number of fused-ring (bicyclic) bond motifs is 1. The van der Waals surface area contributed by atoms with Crippen LogP contribution in [0.1, 0.15) is 15.9 Å². The lowest BCUT2D eigenvalue weighted by Crippen LogP contribution is -2.49. The summed E-state index contributed by atoms with van der Waals surface area (Å²) < 4.78 is 15.5. The highest BCUT2D eigenvalue weighted by Gasteiger charge is 2.23. The van der Waals surface area contributed by atoms with Crippen molar-refractivity contribution in [3.05, 3.63) is 105 Å². The fourth-order valence-electron chi connectivity index (χ4n) is 4.30. The zero-order chi connectivity index (χ0) is 23.7. The van der Waals surface area contributed by atoms with Gasteiger partial charge in [-0.2, -0.15) is 0 Å². The number of aromatic amines is 1. The van der Waals surface area contributed by atoms with Gasteiger partial charge in [-0.15, -0.1) is 0 Å². The van der Waals surface area contributed by atoms with E-state index in [1.807, 2.05) is 18.2 Å². The molecule has 0 bridgehead atoms. The number of H-pyrrole nitrogens is 1. The molecule has 34 heavy (non-hydrogen) atoms. The molecule has 0 unspecified atom stereocenters. The number of piperazine rings is 1. The van der Waals surface area contributed by atoms with E-state index in [9.17, 15) is 18.8 Å². The van der Waals surface area contributed by atoms with Crippen LogP contribution in [0.25, 0.3) is 10.9 Å². The zero-order valence-corrected chi connectivity index (χ0v) is 18.3. The van der Waals surface area contributed by atoms with Gasteiger partial charge in [0.2, 0.25) is 0 Å². The second-order valence-electron chi connectivity index (χ2n) is 8.15. The van der Waals surface area contributed by atoms with E-state index in [0.717, 1.165) is 5.82 Å². The molecule has 172 valence electrons. The van der Waals surface area contributed by atoms with Crippen LogP contribution < -0.4 is 16.1 Å². The molecule has 9 heteroatoms. The molecule has 0 saturated carbocycles. The average Bonchev–Trinajstić information content (AvgIpc) is 2.87. The van der Waals surface area contributed by atoms with Gasteiger partial charge in [-0.25, -0.2) is 14.2 Å². The van der Waals surface area contributed by atoms with Crippen LogP contribution in [0.3, 0.4) is 0 Å². The molecule has 5 rings (SSSR count). The topological polar surface area (TPSA) is 91.3 Å². The maximum atomic E-state index is 14.2. The molecule has 0 atom stereocenters. The van der Waals surface area contributed by atoms with Crippen LogP contribution in [0, 0.1) is 5.82 Å². The largest absolute Gasteiger partial charge is 0.353 e. The van der Waals surface area contributed by atoms with Crippen LogP contribution in [-0.2, 0) is 6.54 Å². The molecule has 2 aromatic heterocycles. The lowest BCUT2D eigenvalue weighted by atomic mass is 10.1. The fourth-order valence-corrected chi connectivity index (χ4v) is 4.30. The maximum absolute atomic E-state index is 14.2. The van der Waals surface area contributed by atoms with Crippen molar-refractivity contribution in [1.82, 2.24) is 19.4 Å². The number of nitrogens with one attached hydrogen (secondary N) is 1. The highest BCUT2D eigenvalue weighted by Crippen LogP contribution is 2.17. The van der Waals surface area contributed by atoms with E-state index < -0.39 is 17.1 Å². The number of halogens is 1. The number of nitrogens with zero attached hydrogens (tertiary/aromatic N) is 4. The standard InChI is InChI=1S/C25H22FN5O3/c26-19-7-4-8-20-22(19)23(32)28-25(34)31(20)16-17-5-3-6-18(15-17)24(33)30-13-11-29(12-14-30)21-9-1-2-10-27-21/h1-10,15H,11-14,16H2,(H,28,32,34). The van der Waals surface area contributed by atoms with Gasteiger partial charge >= 0.3 is 5.69 Å². The second-order valence-corrected chi connectivity index (χ2v) is 8.15. The van der Waals surface area contributed by atoms with E-state index in [1.54, 1.807) is 35.4 Å². The van der Waals surface area contributed by atoms with E-state index in [0.29, 0.717) is 37.3 Å². The summed E-state index contributed by atoms with van der Waals surface area (Å²) in [5.74, 6) is 0.111. The summed E-state index contributed by atoms with van der Waals surface area (Å²) in [5.41, 5.74) is 0.0131. The normalized spacial score (nSPS) is 13.9. The third kappa shape index (κ3) is 4.07. The first-order valence-corrected chi connectivity index (χ1v) is 11.0. The van der Waals surface area contributed by atoms with Crippen molar-refractivity contribution >= 4 is 22.6 Å². The molecule has 2 aromatic carbocycles. The van der Waals surface area contributed by atoms with Crippen molar-refractivity contribution in [2.24, 2.45) is 0 Å². The molecule has 8 nitrogen and oxygen atoms in total. The van der Waals surface area contributed by atoms with Gasteiger partial charge in [-0.05, 0) is 42.0 Å². The average molecular weight is 459 g/mol. The number of hydrogen-bond acceptors (Lipinski definition) is 5. The van der Waals surface area contributed by atoms with Crippen LogP contribution in [0.15, 0.2) is 76.4 Å². The van der Waals surface area contributed by atoms with Crippen molar-refractivity contribution in [2.45, 2.75) is 6.54 Å². The Morgan fingerprint density at radius 2 is 1.76 bits per heavy atom. The number of hydrogen-bond donors (Lipinski definition) is 1. The van der Waals surface area contributed by atoms with E-state index in [1.165, 1.54) is 22.8 Å². The Kier molecular flexibility index (Phi) is 5.67. The van der Waals surface area contributed by atoms with Crippen molar-refractivity contribution in [3.8, 4) is 0 Å². The smallest absolute Gasteiger partial charge is 0.329 e. The lowest BCUT2D eigenvalue weighted by molar-refractivity contribution is 0.0746. The van der Waals surface area contributed by atoms with Crippen molar-refractivity contribution in [1.29, 1.82) is 0 Å². The minimum atomic E-state index is -0.761. The van der Waals surface area contributed by atoms with Gasteiger partial charge in [0.1, 0.15) is 11.6 Å². The predicted octanol–water partition coefficient (Wildman–Crippen LogP) is 2.23. The molecule has 4 aromatic rings. The predicted molar refractivity (Wildman–Crippen MR) is 127 cm³/mol. The Labute approximate surface area is 193 Å². The van der Waals surface area contributed by atoms with Gasteiger partial charge in [0.25, 0.3) is 11.5 Å². The summed E-state index contributed by atoms with van der Waals surface area (Å²) >= 11 is 0. The van der Waals surface area contributed by atoms with Crippen LogP contribution in [0.4, 0.5) is 10.2 Å². The Hall–Kier alpha value is -4.27. The third-order valence-corrected chi connectivity index (χ3v) is 6.03. The number of carbonyl (C=O) groups excluding carboxylic acids is 1. The number of benzene rings is 2. The van der Waals surface area contributed by atoms with Gasteiger partial charge < -0.3 is 9.80 Å². The summed E-state index contributed by atoms with van der Waals surface area (Å²) in [6, 6.07) is 17.0. The molecule has 1 fully saturated rings. The van der Waals surface area contributed by atoms with Gasteiger partial charge in [-0.3, -0.25) is 19.1 Å². The van der Waals surface area contributed by atoms with Gasteiger partial charge in [0.05, 0.1) is 17.4 Å². The number of aromatic nitrogens is 3. The number of amides is 1. The highest BCUT2D eigenvalue weighted by molar-refractivity contribution is 5.94. The van der Waals surface area contributed by atoms with Gasteiger partial charge in [-0.1, -0.05) is 24.3 Å². The molecule has 1 N–H and O–H groups in total. The lowest BCUT2D eigenvalue weighted by Gasteiger charge is -2.35. The first-order valence-electron chi connectivity index (χ1n) is 11.0. The first-order chi connectivity index (χ1) is 16.5. The van der Waals surface area contributed by atoms with E-state index >= 15 is 0 Å². The van der Waals surface area contributed by atoms with Crippen molar-refractivity contribution < 1.29 is 9.18 Å². The molecule has 3 heterocycles. The minimum absolute atomic E-state index is 0.0874. The molecule has 0 radical (unpaired) electrons. The Balaban J connectivity index is 1.36. The number of pyridine rings is 1. The van der Waals surface area contributed by atoms with Gasteiger partial charge in [0.15, 0.2) is 0 Å². The Bertz CT molecular complexity index is 1470. The summed E-state index contributed by atoms with van der Waals surface area (Å²) in [5, 5.41) is -0.167. The van der Waals surface area contributed by atoms with Crippen molar-refractivity contribution in [3.63, 3.8) is 0 Å². The molecule has 1 saturated heterocycles. The van der Waals surface area contributed by atoms with Crippen LogP contribution in [-0.4, -0.2) is 51.5 Å². The molecule has 1 aliphatic rings. The maximum Gasteiger partial charge on any atom is 0.329 e. The molecular formula is C25H22FN5O3. The summed E-state index contributed by atoms with van der Waals surface area (Å²) in [6.45, 7) is 2.61. The van der Waals surface area contributed by atoms with Crippen molar-refractivity contribution in [2.75, 3.05) is 31.1 Å². The highest BCUT2D eigenvalue weighted by atomic mass is 19.1. The number of carbonyl (C=O) groups is 1. The van der Waals surface area contributed by atoms with Crippen LogP contribution in [0.2, 0.25) is 0 Å². The first kappa shape index (κ1) is 21.6. The zero-order valence-electron chi connectivity index (χ0n) is 18.3.